The Morgan fingerprint density at radius 2 is 1.61 bits per heavy atom. The molecule has 0 aliphatic carbocycles. The Balaban J connectivity index is 1.13. The van der Waals surface area contributed by atoms with Gasteiger partial charge in [0.05, 0.1) is 27.7 Å². The molecule has 1 aromatic heterocycles. The second kappa shape index (κ2) is 13.4. The van der Waals surface area contributed by atoms with Crippen molar-refractivity contribution in [2.24, 2.45) is 17.8 Å². The standard InChI is InChI=1S/C34H45ClN6O3/c1-22-18-23(20-28(35)32(22)36)19-26(33(43)40-14-8-25(9-15-40)24-6-12-37-13-7-24)21-31(42)39-16-10-27(11-17-39)41-30-5-3-2-4-29(30)38-34(41)44/h2-5,18,20,24-27,37H,6-17,19,21,36H2,1H3,(H,38,44)/t26-/m0/s1. The second-order valence-electron chi connectivity index (χ2n) is 13.1. The molecule has 4 heterocycles. The normalized spacial score (nSPS) is 19.9. The van der Waals surface area contributed by atoms with Crippen LogP contribution in [0.5, 0.6) is 0 Å². The average molecular weight is 621 g/mol. The number of para-hydroxylation sites is 2. The number of imidazole rings is 1. The van der Waals surface area contributed by atoms with E-state index < -0.39 is 5.92 Å². The fourth-order valence-electron chi connectivity index (χ4n) is 7.79. The minimum absolute atomic E-state index is 0.00377. The van der Waals surface area contributed by atoms with Crippen LogP contribution in [0.1, 0.15) is 62.1 Å². The number of nitrogens with one attached hydrogen (secondary N) is 2. The molecular weight excluding hydrogens is 576 g/mol. The van der Waals surface area contributed by atoms with E-state index in [2.05, 4.69) is 10.3 Å². The Hall–Kier alpha value is -3.30. The lowest BCUT2D eigenvalue weighted by molar-refractivity contribution is -0.143. The van der Waals surface area contributed by atoms with Crippen molar-refractivity contribution in [2.75, 3.05) is 45.0 Å². The zero-order valence-electron chi connectivity index (χ0n) is 25.7. The molecule has 0 bridgehead atoms. The topological polar surface area (TPSA) is 116 Å². The highest BCUT2D eigenvalue weighted by molar-refractivity contribution is 6.33. The van der Waals surface area contributed by atoms with Crippen LogP contribution in [-0.4, -0.2) is 70.4 Å². The number of nitrogens with zero attached hydrogens (tertiary/aromatic N) is 3. The molecule has 10 heteroatoms. The first-order valence-electron chi connectivity index (χ1n) is 16.3. The van der Waals surface area contributed by atoms with Gasteiger partial charge in [0.2, 0.25) is 11.8 Å². The van der Waals surface area contributed by atoms with Crippen LogP contribution in [0.2, 0.25) is 5.02 Å². The number of halogens is 1. The fraction of sp³-hybridized carbons (Fsp3) is 0.559. The SMILES string of the molecule is Cc1cc(C[C@@H](CC(=O)N2CCC(n3c(=O)[nH]c4ccccc43)CC2)C(=O)N2CCC(C3CCNCC3)CC2)cc(Cl)c1N. The molecule has 6 rings (SSSR count). The molecule has 9 nitrogen and oxygen atoms in total. The summed E-state index contributed by atoms with van der Waals surface area (Å²) >= 11 is 6.43. The Kier molecular flexibility index (Phi) is 9.33. The number of carbonyl (C=O) groups is 2. The molecule has 3 aromatic rings. The van der Waals surface area contributed by atoms with E-state index in [0.29, 0.717) is 49.0 Å². The number of nitrogen functional groups attached to an aromatic ring is 1. The van der Waals surface area contributed by atoms with Gasteiger partial charge in [0.15, 0.2) is 0 Å². The summed E-state index contributed by atoms with van der Waals surface area (Å²) in [5, 5.41) is 3.94. The lowest BCUT2D eigenvalue weighted by Crippen LogP contribution is -2.46. The van der Waals surface area contributed by atoms with Gasteiger partial charge in [-0.25, -0.2) is 4.79 Å². The first-order valence-corrected chi connectivity index (χ1v) is 16.7. The zero-order chi connectivity index (χ0) is 30.8. The van der Waals surface area contributed by atoms with Crippen LogP contribution >= 0.6 is 11.6 Å². The monoisotopic (exact) mass is 620 g/mol. The van der Waals surface area contributed by atoms with Crippen LogP contribution in [0.25, 0.3) is 11.0 Å². The zero-order valence-corrected chi connectivity index (χ0v) is 26.5. The number of fused-ring (bicyclic) bond motifs is 1. The summed E-state index contributed by atoms with van der Waals surface area (Å²) in [6.07, 6.45) is 6.51. The number of aryl methyl sites for hydroxylation is 1. The Bertz CT molecular complexity index is 1520. The number of amides is 2. The van der Waals surface area contributed by atoms with Crippen molar-refractivity contribution in [3.8, 4) is 0 Å². The van der Waals surface area contributed by atoms with Crippen molar-refractivity contribution in [1.29, 1.82) is 0 Å². The Morgan fingerprint density at radius 1 is 0.955 bits per heavy atom. The summed E-state index contributed by atoms with van der Waals surface area (Å²) in [7, 11) is 0. The quantitative estimate of drug-likeness (QED) is 0.336. The van der Waals surface area contributed by atoms with Crippen molar-refractivity contribution >= 4 is 40.1 Å². The summed E-state index contributed by atoms with van der Waals surface area (Å²) in [5.41, 5.74) is 10.1. The predicted molar refractivity (Wildman–Crippen MR) is 175 cm³/mol. The number of H-pyrrole nitrogens is 1. The summed E-state index contributed by atoms with van der Waals surface area (Å²) in [6.45, 7) is 6.73. The predicted octanol–water partition coefficient (Wildman–Crippen LogP) is 4.52. The first-order chi connectivity index (χ1) is 21.3. The highest BCUT2D eigenvalue weighted by Crippen LogP contribution is 2.33. The molecule has 0 saturated carbocycles. The highest BCUT2D eigenvalue weighted by Gasteiger charge is 2.34. The van der Waals surface area contributed by atoms with Gasteiger partial charge in [-0.05, 0) is 106 Å². The molecule has 4 N–H and O–H groups in total. The molecule has 1 atom stereocenters. The number of aromatic amines is 1. The van der Waals surface area contributed by atoms with Crippen LogP contribution in [0.15, 0.2) is 41.2 Å². The minimum Gasteiger partial charge on any atom is -0.397 e. The summed E-state index contributed by atoms with van der Waals surface area (Å²) in [5.74, 6) is 1.01. The number of hydrogen-bond donors (Lipinski definition) is 3. The van der Waals surface area contributed by atoms with Gasteiger partial charge in [0, 0.05) is 38.6 Å². The van der Waals surface area contributed by atoms with E-state index in [1.807, 2.05) is 57.7 Å². The van der Waals surface area contributed by atoms with E-state index in [1.54, 1.807) is 0 Å². The van der Waals surface area contributed by atoms with Crippen LogP contribution in [0.3, 0.4) is 0 Å². The number of rotatable bonds is 7. The molecule has 236 valence electrons. The van der Waals surface area contributed by atoms with Gasteiger partial charge in [-0.15, -0.1) is 0 Å². The van der Waals surface area contributed by atoms with Crippen molar-refractivity contribution in [3.05, 3.63) is 63.0 Å². The number of aromatic nitrogens is 2. The van der Waals surface area contributed by atoms with Crippen LogP contribution in [0.4, 0.5) is 5.69 Å². The highest BCUT2D eigenvalue weighted by atomic mass is 35.5. The van der Waals surface area contributed by atoms with Crippen molar-refractivity contribution in [2.45, 2.75) is 64.3 Å². The maximum Gasteiger partial charge on any atom is 0.326 e. The molecule has 2 aromatic carbocycles. The average Bonchev–Trinajstić information content (AvgIpc) is 3.39. The van der Waals surface area contributed by atoms with E-state index in [4.69, 9.17) is 17.3 Å². The smallest absolute Gasteiger partial charge is 0.326 e. The molecule has 3 saturated heterocycles. The number of carbonyl (C=O) groups excluding carboxylic acids is 2. The molecule has 44 heavy (non-hydrogen) atoms. The molecule has 0 spiro atoms. The summed E-state index contributed by atoms with van der Waals surface area (Å²) in [6, 6.07) is 11.6. The van der Waals surface area contributed by atoms with E-state index >= 15 is 0 Å². The molecule has 0 unspecified atom stereocenters. The van der Waals surface area contributed by atoms with E-state index in [9.17, 15) is 14.4 Å². The molecule has 3 aliphatic heterocycles. The molecule has 3 aliphatic rings. The van der Waals surface area contributed by atoms with E-state index in [1.165, 1.54) is 12.8 Å². The molecule has 3 fully saturated rings. The van der Waals surface area contributed by atoms with E-state index in [0.717, 1.165) is 67.1 Å². The number of likely N-dealkylation sites (tertiary alicyclic amines) is 2. The van der Waals surface area contributed by atoms with Gasteiger partial charge in [0.25, 0.3) is 0 Å². The summed E-state index contributed by atoms with van der Waals surface area (Å²) < 4.78 is 1.84. The van der Waals surface area contributed by atoms with Crippen LogP contribution < -0.4 is 16.7 Å². The largest absolute Gasteiger partial charge is 0.397 e. The third-order valence-electron chi connectivity index (χ3n) is 10.4. The van der Waals surface area contributed by atoms with Gasteiger partial charge in [-0.2, -0.15) is 0 Å². The third-order valence-corrected chi connectivity index (χ3v) is 10.7. The summed E-state index contributed by atoms with van der Waals surface area (Å²) in [4.78, 5) is 47.4. The number of hydrogen-bond acceptors (Lipinski definition) is 5. The van der Waals surface area contributed by atoms with Crippen LogP contribution in [0, 0.1) is 24.7 Å². The van der Waals surface area contributed by atoms with Crippen molar-refractivity contribution in [1.82, 2.24) is 24.7 Å². The lowest BCUT2D eigenvalue weighted by Gasteiger charge is -2.39. The fourth-order valence-corrected chi connectivity index (χ4v) is 8.08. The molecule has 0 radical (unpaired) electrons. The Labute approximate surface area is 264 Å². The van der Waals surface area contributed by atoms with Gasteiger partial charge in [-0.3, -0.25) is 14.2 Å². The third kappa shape index (κ3) is 6.54. The maximum atomic E-state index is 14.1. The van der Waals surface area contributed by atoms with Gasteiger partial charge < -0.3 is 25.8 Å². The van der Waals surface area contributed by atoms with Gasteiger partial charge in [0.1, 0.15) is 0 Å². The number of nitrogens with two attached hydrogens (primary N) is 1. The number of anilines is 1. The minimum atomic E-state index is -0.467. The number of piperidine rings is 3. The van der Waals surface area contributed by atoms with Crippen molar-refractivity contribution in [3.63, 3.8) is 0 Å². The van der Waals surface area contributed by atoms with E-state index in [-0.39, 0.29) is 30.0 Å². The van der Waals surface area contributed by atoms with Crippen LogP contribution in [-0.2, 0) is 16.0 Å². The molecular formula is C34H45ClN6O3. The Morgan fingerprint density at radius 3 is 2.32 bits per heavy atom. The molecule has 2 amide bonds. The first kappa shape index (κ1) is 30.7. The maximum absolute atomic E-state index is 14.1. The second-order valence-corrected chi connectivity index (χ2v) is 13.5. The van der Waals surface area contributed by atoms with Gasteiger partial charge in [-0.1, -0.05) is 29.8 Å². The lowest BCUT2D eigenvalue weighted by atomic mass is 9.79. The number of benzene rings is 2. The van der Waals surface area contributed by atoms with Crippen molar-refractivity contribution < 1.29 is 9.59 Å². The van der Waals surface area contributed by atoms with Gasteiger partial charge >= 0.3 is 5.69 Å².